The standard InChI is InChI=1S/C15H20N2O2/c16-11-15(17,14-4-2-1-3-5-14)12-19-10-13-6-8-18-9-7-13/h1-5,13H,6-10,12,17H2. The van der Waals surface area contributed by atoms with E-state index in [0.29, 0.717) is 12.5 Å². The van der Waals surface area contributed by atoms with Gasteiger partial charge in [0.15, 0.2) is 5.54 Å². The van der Waals surface area contributed by atoms with Crippen LogP contribution in [0.1, 0.15) is 18.4 Å². The van der Waals surface area contributed by atoms with Crippen LogP contribution in [0.2, 0.25) is 0 Å². The molecule has 1 aliphatic rings. The largest absolute Gasteiger partial charge is 0.381 e. The first kappa shape index (κ1) is 14.0. The average Bonchev–Trinajstić information content (AvgIpc) is 2.49. The van der Waals surface area contributed by atoms with Gasteiger partial charge in [0.1, 0.15) is 0 Å². The summed E-state index contributed by atoms with van der Waals surface area (Å²) in [5.41, 5.74) is 5.86. The van der Waals surface area contributed by atoms with Gasteiger partial charge in [-0.2, -0.15) is 5.26 Å². The third-order valence-electron chi connectivity index (χ3n) is 3.51. The summed E-state index contributed by atoms with van der Waals surface area (Å²) >= 11 is 0. The van der Waals surface area contributed by atoms with Crippen LogP contribution in [0.25, 0.3) is 0 Å². The lowest BCUT2D eigenvalue weighted by atomic mass is 9.93. The topological polar surface area (TPSA) is 68.3 Å². The van der Waals surface area contributed by atoms with Crippen molar-refractivity contribution in [1.29, 1.82) is 5.26 Å². The van der Waals surface area contributed by atoms with Gasteiger partial charge in [0, 0.05) is 19.8 Å². The summed E-state index contributed by atoms with van der Waals surface area (Å²) in [5, 5.41) is 9.30. The quantitative estimate of drug-likeness (QED) is 0.876. The molecule has 1 aliphatic heterocycles. The average molecular weight is 260 g/mol. The molecular weight excluding hydrogens is 240 g/mol. The van der Waals surface area contributed by atoms with Crippen LogP contribution in [-0.2, 0) is 15.0 Å². The van der Waals surface area contributed by atoms with E-state index in [1.165, 1.54) is 0 Å². The second-order valence-electron chi connectivity index (χ2n) is 5.02. The molecule has 2 N–H and O–H groups in total. The van der Waals surface area contributed by atoms with E-state index in [9.17, 15) is 5.26 Å². The van der Waals surface area contributed by atoms with Crippen molar-refractivity contribution in [1.82, 2.24) is 0 Å². The van der Waals surface area contributed by atoms with E-state index in [1.54, 1.807) is 0 Å². The highest BCUT2D eigenvalue weighted by Crippen LogP contribution is 2.20. The van der Waals surface area contributed by atoms with Gasteiger partial charge >= 0.3 is 0 Å². The fourth-order valence-corrected chi connectivity index (χ4v) is 2.22. The lowest BCUT2D eigenvalue weighted by molar-refractivity contribution is 0.0122. The first-order valence-electron chi connectivity index (χ1n) is 6.66. The summed E-state index contributed by atoms with van der Waals surface area (Å²) in [7, 11) is 0. The van der Waals surface area contributed by atoms with Gasteiger partial charge in [0.2, 0.25) is 0 Å². The molecule has 1 atom stereocenters. The number of rotatable bonds is 5. The first-order valence-corrected chi connectivity index (χ1v) is 6.66. The van der Waals surface area contributed by atoms with Gasteiger partial charge in [-0.15, -0.1) is 0 Å². The summed E-state index contributed by atoms with van der Waals surface area (Å²) in [6.07, 6.45) is 2.05. The molecule has 0 amide bonds. The maximum absolute atomic E-state index is 9.30. The summed E-state index contributed by atoms with van der Waals surface area (Å²) in [4.78, 5) is 0. The minimum absolute atomic E-state index is 0.227. The van der Waals surface area contributed by atoms with Gasteiger partial charge < -0.3 is 15.2 Å². The highest BCUT2D eigenvalue weighted by molar-refractivity contribution is 5.30. The Bertz CT molecular complexity index is 424. The second kappa shape index (κ2) is 6.67. The third kappa shape index (κ3) is 3.77. The lowest BCUT2D eigenvalue weighted by Crippen LogP contribution is -2.40. The fourth-order valence-electron chi connectivity index (χ4n) is 2.22. The van der Waals surface area contributed by atoms with E-state index in [2.05, 4.69) is 6.07 Å². The van der Waals surface area contributed by atoms with E-state index in [1.807, 2.05) is 30.3 Å². The van der Waals surface area contributed by atoms with Crippen LogP contribution < -0.4 is 5.73 Å². The predicted octanol–water partition coefficient (Wildman–Crippen LogP) is 1.81. The van der Waals surface area contributed by atoms with Gasteiger partial charge in [-0.3, -0.25) is 0 Å². The third-order valence-corrected chi connectivity index (χ3v) is 3.51. The van der Waals surface area contributed by atoms with Crippen LogP contribution in [0, 0.1) is 17.2 Å². The van der Waals surface area contributed by atoms with Gasteiger partial charge in [0.25, 0.3) is 0 Å². The molecule has 1 heterocycles. The summed E-state index contributed by atoms with van der Waals surface area (Å²) < 4.78 is 11.0. The van der Waals surface area contributed by atoms with Crippen molar-refractivity contribution in [2.24, 2.45) is 11.7 Å². The van der Waals surface area contributed by atoms with Crippen LogP contribution >= 0.6 is 0 Å². The molecule has 4 heteroatoms. The Kier molecular flexibility index (Phi) is 4.92. The predicted molar refractivity (Wildman–Crippen MR) is 72.3 cm³/mol. The van der Waals surface area contributed by atoms with Crippen LogP contribution in [0.5, 0.6) is 0 Å². The van der Waals surface area contributed by atoms with E-state index in [4.69, 9.17) is 15.2 Å². The van der Waals surface area contributed by atoms with Crippen molar-refractivity contribution in [3.8, 4) is 6.07 Å². The Morgan fingerprint density at radius 3 is 2.63 bits per heavy atom. The molecule has 1 fully saturated rings. The Hall–Kier alpha value is -1.41. The molecule has 1 aromatic rings. The Labute approximate surface area is 114 Å². The van der Waals surface area contributed by atoms with Crippen LogP contribution in [0.15, 0.2) is 30.3 Å². The Balaban J connectivity index is 1.87. The Morgan fingerprint density at radius 1 is 1.32 bits per heavy atom. The number of hydrogen-bond donors (Lipinski definition) is 1. The number of nitriles is 1. The molecule has 4 nitrogen and oxygen atoms in total. The summed E-state index contributed by atoms with van der Waals surface area (Å²) in [6.45, 7) is 2.49. The van der Waals surface area contributed by atoms with Crippen molar-refractivity contribution in [2.45, 2.75) is 18.4 Å². The first-order chi connectivity index (χ1) is 9.24. The number of nitrogens with two attached hydrogens (primary N) is 1. The molecule has 0 saturated carbocycles. The van der Waals surface area contributed by atoms with Crippen molar-refractivity contribution in [3.05, 3.63) is 35.9 Å². The van der Waals surface area contributed by atoms with Crippen molar-refractivity contribution in [2.75, 3.05) is 26.4 Å². The normalized spacial score (nSPS) is 19.6. The SMILES string of the molecule is N#CC(N)(COCC1CCOCC1)c1ccccc1. The summed E-state index contributed by atoms with van der Waals surface area (Å²) in [5.74, 6) is 0.521. The van der Waals surface area contributed by atoms with Gasteiger partial charge in [-0.1, -0.05) is 30.3 Å². The Morgan fingerprint density at radius 2 is 2.00 bits per heavy atom. The van der Waals surface area contributed by atoms with Gasteiger partial charge in [0.05, 0.1) is 12.7 Å². The van der Waals surface area contributed by atoms with E-state index in [0.717, 1.165) is 31.6 Å². The van der Waals surface area contributed by atoms with Gasteiger partial charge in [-0.05, 0) is 24.3 Å². The van der Waals surface area contributed by atoms with Crippen LogP contribution in [0.3, 0.4) is 0 Å². The maximum atomic E-state index is 9.30. The second-order valence-corrected chi connectivity index (χ2v) is 5.02. The summed E-state index contributed by atoms with van der Waals surface area (Å²) in [6, 6.07) is 11.6. The molecular formula is C15H20N2O2. The van der Waals surface area contributed by atoms with E-state index in [-0.39, 0.29) is 6.61 Å². The highest BCUT2D eigenvalue weighted by atomic mass is 16.5. The fraction of sp³-hybridized carbons (Fsp3) is 0.533. The molecule has 1 unspecified atom stereocenters. The number of hydrogen-bond acceptors (Lipinski definition) is 4. The molecule has 0 spiro atoms. The molecule has 102 valence electrons. The molecule has 0 radical (unpaired) electrons. The zero-order valence-corrected chi connectivity index (χ0v) is 11.0. The van der Waals surface area contributed by atoms with Crippen molar-refractivity contribution in [3.63, 3.8) is 0 Å². The number of benzene rings is 1. The number of nitrogens with zero attached hydrogens (tertiary/aromatic N) is 1. The van der Waals surface area contributed by atoms with Crippen molar-refractivity contribution >= 4 is 0 Å². The molecule has 19 heavy (non-hydrogen) atoms. The van der Waals surface area contributed by atoms with Gasteiger partial charge in [-0.25, -0.2) is 0 Å². The monoisotopic (exact) mass is 260 g/mol. The zero-order chi connectivity index (χ0) is 13.6. The van der Waals surface area contributed by atoms with E-state index >= 15 is 0 Å². The number of ether oxygens (including phenoxy) is 2. The van der Waals surface area contributed by atoms with Crippen LogP contribution in [0.4, 0.5) is 0 Å². The van der Waals surface area contributed by atoms with Crippen LogP contribution in [-0.4, -0.2) is 26.4 Å². The molecule has 0 aliphatic carbocycles. The minimum atomic E-state index is -1.06. The smallest absolute Gasteiger partial charge is 0.153 e. The molecule has 2 rings (SSSR count). The zero-order valence-electron chi connectivity index (χ0n) is 11.0. The highest BCUT2D eigenvalue weighted by Gasteiger charge is 2.28. The molecule has 0 bridgehead atoms. The molecule has 1 saturated heterocycles. The maximum Gasteiger partial charge on any atom is 0.153 e. The van der Waals surface area contributed by atoms with E-state index < -0.39 is 5.54 Å². The molecule has 1 aromatic carbocycles. The van der Waals surface area contributed by atoms with Crippen molar-refractivity contribution < 1.29 is 9.47 Å². The minimum Gasteiger partial charge on any atom is -0.381 e. The lowest BCUT2D eigenvalue weighted by Gasteiger charge is -2.25. The molecule has 0 aromatic heterocycles.